The molecule has 0 heterocycles. The van der Waals surface area contributed by atoms with Gasteiger partial charge in [-0.3, -0.25) is 0 Å². The van der Waals surface area contributed by atoms with Crippen LogP contribution in [0.25, 0.3) is 0 Å². The predicted octanol–water partition coefficient (Wildman–Crippen LogP) is 3.76. The quantitative estimate of drug-likeness (QED) is 0.918. The Balaban J connectivity index is 2.37. The van der Waals surface area contributed by atoms with E-state index in [2.05, 4.69) is 0 Å². The average molecular weight is 264 g/mol. The zero-order chi connectivity index (χ0) is 14.0. The summed E-state index contributed by atoms with van der Waals surface area (Å²) in [6.07, 6.45) is 0. The van der Waals surface area contributed by atoms with Crippen molar-refractivity contribution in [2.75, 3.05) is 0 Å². The molecule has 2 aromatic carbocycles. The fraction of sp³-hybridized carbons (Fsp3) is 0.0714. The molecule has 0 aliphatic carbocycles. The normalized spacial score (nSPS) is 10.3. The van der Waals surface area contributed by atoms with Gasteiger partial charge in [-0.15, -0.1) is 0 Å². The van der Waals surface area contributed by atoms with E-state index in [1.807, 2.05) is 0 Å². The van der Waals surface area contributed by atoms with Crippen LogP contribution in [0.4, 0.5) is 8.78 Å². The minimum Gasteiger partial charge on any atom is -0.478 e. The Bertz CT molecular complexity index is 639. The van der Waals surface area contributed by atoms with Crippen LogP contribution in [0.3, 0.4) is 0 Å². The number of carbonyl (C=O) groups is 1. The summed E-state index contributed by atoms with van der Waals surface area (Å²) in [6.45, 7) is 1.70. The molecule has 0 fully saturated rings. The molecule has 3 nitrogen and oxygen atoms in total. The molecule has 0 aliphatic heterocycles. The third-order valence-corrected chi connectivity index (χ3v) is 2.55. The Hall–Kier alpha value is -2.43. The molecule has 0 saturated heterocycles. The fourth-order valence-electron chi connectivity index (χ4n) is 1.52. The Morgan fingerprint density at radius 1 is 1.11 bits per heavy atom. The van der Waals surface area contributed by atoms with Crippen molar-refractivity contribution in [3.8, 4) is 11.5 Å². The van der Waals surface area contributed by atoms with Crippen LogP contribution in [0, 0.1) is 18.6 Å². The zero-order valence-corrected chi connectivity index (χ0v) is 9.98. The lowest BCUT2D eigenvalue weighted by molar-refractivity contribution is 0.0696. The molecule has 0 aliphatic rings. The van der Waals surface area contributed by atoms with Gasteiger partial charge in [-0.2, -0.15) is 0 Å². The van der Waals surface area contributed by atoms with Crippen LogP contribution in [0.1, 0.15) is 15.9 Å². The number of aromatic carboxylic acids is 1. The molecule has 0 amide bonds. The van der Waals surface area contributed by atoms with Crippen molar-refractivity contribution in [1.29, 1.82) is 0 Å². The van der Waals surface area contributed by atoms with Gasteiger partial charge in [0.1, 0.15) is 11.6 Å². The lowest BCUT2D eigenvalue weighted by Gasteiger charge is -2.10. The third-order valence-electron chi connectivity index (χ3n) is 2.55. The van der Waals surface area contributed by atoms with Gasteiger partial charge in [-0.05, 0) is 36.8 Å². The maximum absolute atomic E-state index is 13.4. The van der Waals surface area contributed by atoms with Crippen molar-refractivity contribution in [1.82, 2.24) is 0 Å². The molecule has 0 spiro atoms. The number of rotatable bonds is 3. The largest absolute Gasteiger partial charge is 0.478 e. The summed E-state index contributed by atoms with van der Waals surface area (Å²) >= 11 is 0. The molecular weight excluding hydrogens is 254 g/mol. The standard InChI is InChI=1S/C14H10F2O3/c1-8-2-3-9(14(17)18)6-13(8)19-12-5-4-10(15)7-11(12)16/h2-7H,1H3,(H,17,18). The number of halogens is 2. The molecule has 98 valence electrons. The molecule has 0 aromatic heterocycles. The van der Waals surface area contributed by atoms with Crippen molar-refractivity contribution in [2.45, 2.75) is 6.92 Å². The highest BCUT2D eigenvalue weighted by molar-refractivity contribution is 5.88. The summed E-state index contributed by atoms with van der Waals surface area (Å²) in [6, 6.07) is 7.18. The lowest BCUT2D eigenvalue weighted by Crippen LogP contribution is -1.98. The van der Waals surface area contributed by atoms with Crippen LogP contribution >= 0.6 is 0 Å². The number of hydrogen-bond acceptors (Lipinski definition) is 2. The van der Waals surface area contributed by atoms with Crippen LogP contribution in [-0.4, -0.2) is 11.1 Å². The molecular formula is C14H10F2O3. The van der Waals surface area contributed by atoms with E-state index in [0.717, 1.165) is 12.1 Å². The van der Waals surface area contributed by atoms with Crippen LogP contribution in [0.2, 0.25) is 0 Å². The number of ether oxygens (including phenoxy) is 1. The second-order valence-electron chi connectivity index (χ2n) is 3.96. The summed E-state index contributed by atoms with van der Waals surface area (Å²) in [5, 5.41) is 8.88. The van der Waals surface area contributed by atoms with Crippen molar-refractivity contribution >= 4 is 5.97 Å². The van der Waals surface area contributed by atoms with Crippen molar-refractivity contribution < 1.29 is 23.4 Å². The minimum absolute atomic E-state index is 0.0307. The van der Waals surface area contributed by atoms with Gasteiger partial charge in [0, 0.05) is 6.07 Å². The summed E-state index contributed by atoms with van der Waals surface area (Å²) in [7, 11) is 0. The SMILES string of the molecule is Cc1ccc(C(=O)O)cc1Oc1ccc(F)cc1F. The fourth-order valence-corrected chi connectivity index (χ4v) is 1.52. The van der Waals surface area contributed by atoms with Crippen molar-refractivity contribution in [3.63, 3.8) is 0 Å². The second-order valence-corrected chi connectivity index (χ2v) is 3.96. The highest BCUT2D eigenvalue weighted by Gasteiger charge is 2.11. The summed E-state index contributed by atoms with van der Waals surface area (Å²) in [5.41, 5.74) is 0.678. The molecule has 2 rings (SSSR count). The van der Waals surface area contributed by atoms with Crippen LogP contribution < -0.4 is 4.74 Å². The molecule has 2 aromatic rings. The van der Waals surface area contributed by atoms with E-state index in [4.69, 9.17) is 9.84 Å². The second kappa shape index (κ2) is 5.06. The van der Waals surface area contributed by atoms with Gasteiger partial charge in [-0.1, -0.05) is 6.07 Å². The molecule has 1 N–H and O–H groups in total. The van der Waals surface area contributed by atoms with Gasteiger partial charge in [0.05, 0.1) is 5.56 Å². The van der Waals surface area contributed by atoms with E-state index in [9.17, 15) is 13.6 Å². The van der Waals surface area contributed by atoms with Crippen molar-refractivity contribution in [2.24, 2.45) is 0 Å². The maximum atomic E-state index is 13.4. The van der Waals surface area contributed by atoms with E-state index < -0.39 is 17.6 Å². The van der Waals surface area contributed by atoms with Gasteiger partial charge in [0.15, 0.2) is 11.6 Å². The summed E-state index contributed by atoms with van der Waals surface area (Å²) < 4.78 is 31.5. The van der Waals surface area contributed by atoms with Gasteiger partial charge >= 0.3 is 5.97 Å². The molecule has 0 saturated carbocycles. The molecule has 19 heavy (non-hydrogen) atoms. The molecule has 0 radical (unpaired) electrons. The lowest BCUT2D eigenvalue weighted by atomic mass is 10.1. The highest BCUT2D eigenvalue weighted by atomic mass is 19.1. The average Bonchev–Trinajstić information content (AvgIpc) is 2.34. The minimum atomic E-state index is -1.11. The number of benzene rings is 2. The first kappa shape index (κ1) is 13.0. The van der Waals surface area contributed by atoms with Crippen LogP contribution in [-0.2, 0) is 0 Å². The van der Waals surface area contributed by atoms with Crippen LogP contribution in [0.5, 0.6) is 11.5 Å². The van der Waals surface area contributed by atoms with Gasteiger partial charge in [0.25, 0.3) is 0 Å². The highest BCUT2D eigenvalue weighted by Crippen LogP contribution is 2.28. The number of carboxylic acid groups (broad SMARTS) is 1. The van der Waals surface area contributed by atoms with Gasteiger partial charge < -0.3 is 9.84 Å². The van der Waals surface area contributed by atoms with E-state index >= 15 is 0 Å². The molecule has 5 heteroatoms. The van der Waals surface area contributed by atoms with E-state index in [1.165, 1.54) is 12.1 Å². The molecule has 0 bridgehead atoms. The molecule has 0 unspecified atom stereocenters. The maximum Gasteiger partial charge on any atom is 0.335 e. The Morgan fingerprint density at radius 2 is 1.84 bits per heavy atom. The van der Waals surface area contributed by atoms with Crippen molar-refractivity contribution in [3.05, 3.63) is 59.2 Å². The summed E-state index contributed by atoms with van der Waals surface area (Å²) in [5.74, 6) is -2.61. The number of aryl methyl sites for hydroxylation is 1. The van der Waals surface area contributed by atoms with E-state index in [-0.39, 0.29) is 17.1 Å². The van der Waals surface area contributed by atoms with Gasteiger partial charge in [0.2, 0.25) is 0 Å². The van der Waals surface area contributed by atoms with Crippen LogP contribution in [0.15, 0.2) is 36.4 Å². The molecule has 0 atom stereocenters. The van der Waals surface area contributed by atoms with E-state index in [1.54, 1.807) is 13.0 Å². The Kier molecular flexibility index (Phi) is 3.46. The first-order valence-electron chi connectivity index (χ1n) is 5.44. The first-order chi connectivity index (χ1) is 8.97. The predicted molar refractivity (Wildman–Crippen MR) is 64.6 cm³/mol. The smallest absolute Gasteiger partial charge is 0.335 e. The monoisotopic (exact) mass is 264 g/mol. The Labute approximate surface area is 108 Å². The summed E-state index contributed by atoms with van der Waals surface area (Å²) in [4.78, 5) is 10.8. The number of carboxylic acids is 1. The van der Waals surface area contributed by atoms with E-state index in [0.29, 0.717) is 11.6 Å². The topological polar surface area (TPSA) is 46.5 Å². The zero-order valence-electron chi connectivity index (χ0n) is 9.98. The Morgan fingerprint density at radius 3 is 2.47 bits per heavy atom. The third kappa shape index (κ3) is 2.88. The number of hydrogen-bond donors (Lipinski definition) is 1. The first-order valence-corrected chi connectivity index (χ1v) is 5.44. The van der Waals surface area contributed by atoms with Gasteiger partial charge in [-0.25, -0.2) is 13.6 Å².